The molecule has 0 bridgehead atoms. The van der Waals surface area contributed by atoms with E-state index in [9.17, 15) is 13.2 Å². The molecule has 138 valence electrons. The van der Waals surface area contributed by atoms with Gasteiger partial charge in [0.15, 0.2) is 0 Å². The maximum absolute atomic E-state index is 12.7. The van der Waals surface area contributed by atoms with Crippen molar-refractivity contribution in [3.8, 4) is 0 Å². The molecule has 1 aromatic carbocycles. The highest BCUT2D eigenvalue weighted by Gasteiger charge is 2.33. The summed E-state index contributed by atoms with van der Waals surface area (Å²) >= 11 is 1.27. The van der Waals surface area contributed by atoms with Crippen molar-refractivity contribution in [2.45, 2.75) is 38.1 Å². The number of aliphatic imine (C=N–C) groups is 1. The van der Waals surface area contributed by atoms with Crippen LogP contribution in [0.5, 0.6) is 0 Å². The van der Waals surface area contributed by atoms with Crippen LogP contribution < -0.4 is 10.0 Å². The zero-order valence-corrected chi connectivity index (χ0v) is 16.2. The number of nitrogens with zero attached hydrogens (tertiary/aromatic N) is 3. The third kappa shape index (κ3) is 3.61. The van der Waals surface area contributed by atoms with E-state index < -0.39 is 16.1 Å². The summed E-state index contributed by atoms with van der Waals surface area (Å²) in [7, 11) is -3.65. The first-order valence-electron chi connectivity index (χ1n) is 8.13. The summed E-state index contributed by atoms with van der Waals surface area (Å²) in [4.78, 5) is 17.4. The second-order valence-electron chi connectivity index (χ2n) is 6.03. The molecule has 8 nitrogen and oxygen atoms in total. The van der Waals surface area contributed by atoms with Gasteiger partial charge in [-0.05, 0) is 25.0 Å². The lowest BCUT2D eigenvalue weighted by Gasteiger charge is -2.18. The molecule has 0 aliphatic carbocycles. The first kappa shape index (κ1) is 18.5. The van der Waals surface area contributed by atoms with Gasteiger partial charge < -0.3 is 0 Å². The lowest BCUT2D eigenvalue weighted by Crippen LogP contribution is -2.34. The molecular weight excluding hydrogens is 374 g/mol. The van der Waals surface area contributed by atoms with Crippen LogP contribution in [0.4, 0.5) is 5.13 Å². The second-order valence-corrected chi connectivity index (χ2v) is 8.86. The molecule has 0 saturated heterocycles. The van der Waals surface area contributed by atoms with Gasteiger partial charge in [0.2, 0.25) is 5.13 Å². The Kier molecular flexibility index (Phi) is 5.05. The molecule has 1 aliphatic rings. The second kappa shape index (κ2) is 7.12. The standard InChI is InChI=1S/C16H19N5O3S2/c1-4-9(2)13(15(22)18-16-20-19-10(3)25-16)17-14-11-7-5-6-8-12(11)26(23,24)21-14/h5-9,13H,4H2,1-3H3,(H,17,21)(H,18,20,22)/t9-,13-/m0/s1. The van der Waals surface area contributed by atoms with E-state index in [1.165, 1.54) is 17.4 Å². The van der Waals surface area contributed by atoms with E-state index in [0.29, 0.717) is 17.1 Å². The smallest absolute Gasteiger partial charge is 0.263 e. The molecule has 10 heteroatoms. The lowest BCUT2D eigenvalue weighted by atomic mass is 9.99. The van der Waals surface area contributed by atoms with E-state index in [4.69, 9.17) is 0 Å². The lowest BCUT2D eigenvalue weighted by molar-refractivity contribution is -0.118. The summed E-state index contributed by atoms with van der Waals surface area (Å²) in [5.74, 6) is -0.241. The van der Waals surface area contributed by atoms with E-state index in [0.717, 1.165) is 5.01 Å². The molecule has 1 amide bonds. The molecule has 0 saturated carbocycles. The van der Waals surface area contributed by atoms with E-state index >= 15 is 0 Å². The van der Waals surface area contributed by atoms with Gasteiger partial charge in [-0.25, -0.2) is 8.42 Å². The number of amides is 1. The maximum Gasteiger partial charge on any atom is 0.263 e. The molecule has 2 heterocycles. The molecule has 26 heavy (non-hydrogen) atoms. The number of aryl methyl sites for hydroxylation is 1. The number of anilines is 1. The van der Waals surface area contributed by atoms with Crippen molar-refractivity contribution in [3.05, 3.63) is 34.8 Å². The monoisotopic (exact) mass is 393 g/mol. The predicted molar refractivity (Wildman–Crippen MR) is 99.8 cm³/mol. The van der Waals surface area contributed by atoms with E-state index in [1.54, 1.807) is 25.1 Å². The largest absolute Gasteiger partial charge is 0.299 e. The van der Waals surface area contributed by atoms with Crippen LogP contribution in [0.1, 0.15) is 30.8 Å². The molecule has 0 spiro atoms. The number of aromatic nitrogens is 2. The zero-order chi connectivity index (χ0) is 18.9. The molecule has 0 radical (unpaired) electrons. The van der Waals surface area contributed by atoms with E-state index in [1.807, 2.05) is 13.8 Å². The summed E-state index contributed by atoms with van der Waals surface area (Å²) in [5, 5.41) is 11.6. The number of sulfonamides is 1. The minimum absolute atomic E-state index is 0.0891. The van der Waals surface area contributed by atoms with Crippen LogP contribution in [0.3, 0.4) is 0 Å². The summed E-state index contributed by atoms with van der Waals surface area (Å²) in [6.45, 7) is 5.64. The minimum Gasteiger partial charge on any atom is -0.299 e. The number of amidine groups is 1. The number of hydrogen-bond donors (Lipinski definition) is 2. The van der Waals surface area contributed by atoms with Crippen molar-refractivity contribution >= 4 is 38.2 Å². The first-order chi connectivity index (χ1) is 12.3. The van der Waals surface area contributed by atoms with Gasteiger partial charge in [0.25, 0.3) is 15.9 Å². The van der Waals surface area contributed by atoms with E-state index in [-0.39, 0.29) is 22.6 Å². The average Bonchev–Trinajstić information content (AvgIpc) is 3.13. The Morgan fingerprint density at radius 1 is 1.35 bits per heavy atom. The van der Waals surface area contributed by atoms with Gasteiger partial charge >= 0.3 is 0 Å². The maximum atomic E-state index is 12.7. The van der Waals surface area contributed by atoms with Crippen LogP contribution in [-0.2, 0) is 14.8 Å². The quantitative estimate of drug-likeness (QED) is 0.806. The van der Waals surface area contributed by atoms with Gasteiger partial charge in [-0.1, -0.05) is 43.7 Å². The molecular formula is C16H19N5O3S2. The fraction of sp³-hybridized carbons (Fsp3) is 0.375. The highest BCUT2D eigenvalue weighted by Crippen LogP contribution is 2.24. The average molecular weight is 393 g/mol. The SMILES string of the molecule is CC[C@H](C)[C@H](N=C1NS(=O)(=O)c2ccccc21)C(=O)Nc1nnc(C)s1. The Morgan fingerprint density at radius 2 is 2.08 bits per heavy atom. The van der Waals surface area contributed by atoms with Crippen LogP contribution >= 0.6 is 11.3 Å². The van der Waals surface area contributed by atoms with Crippen molar-refractivity contribution < 1.29 is 13.2 Å². The normalized spacial score (nSPS) is 18.8. The fourth-order valence-corrected chi connectivity index (χ4v) is 4.40. The van der Waals surface area contributed by atoms with Gasteiger partial charge in [-0.15, -0.1) is 10.2 Å². The Balaban J connectivity index is 1.94. The Morgan fingerprint density at radius 3 is 2.73 bits per heavy atom. The van der Waals surface area contributed by atoms with Crippen molar-refractivity contribution in [2.24, 2.45) is 10.9 Å². The van der Waals surface area contributed by atoms with Crippen LogP contribution in [0, 0.1) is 12.8 Å². The Labute approximate surface area is 155 Å². The summed E-state index contributed by atoms with van der Waals surface area (Å²) < 4.78 is 26.9. The molecule has 2 N–H and O–H groups in total. The number of rotatable bonds is 5. The van der Waals surface area contributed by atoms with Gasteiger partial charge in [-0.2, -0.15) is 0 Å². The first-order valence-corrected chi connectivity index (χ1v) is 10.4. The summed E-state index contributed by atoms with van der Waals surface area (Å²) in [6, 6.07) is 5.82. The van der Waals surface area contributed by atoms with Gasteiger partial charge in [-0.3, -0.25) is 19.8 Å². The number of carbonyl (C=O) groups excluding carboxylic acids is 1. The molecule has 2 atom stereocenters. The number of hydrogen-bond acceptors (Lipinski definition) is 7. The van der Waals surface area contributed by atoms with Gasteiger partial charge in [0, 0.05) is 5.56 Å². The minimum atomic E-state index is -3.65. The number of benzene rings is 1. The van der Waals surface area contributed by atoms with Crippen molar-refractivity contribution in [1.82, 2.24) is 14.9 Å². The highest BCUT2D eigenvalue weighted by atomic mass is 32.2. The molecule has 1 aliphatic heterocycles. The number of nitrogens with one attached hydrogen (secondary N) is 2. The highest BCUT2D eigenvalue weighted by molar-refractivity contribution is 7.90. The van der Waals surface area contributed by atoms with Crippen LogP contribution in [0.15, 0.2) is 34.2 Å². The van der Waals surface area contributed by atoms with Gasteiger partial charge in [0.1, 0.15) is 16.9 Å². The molecule has 1 aromatic heterocycles. The molecule has 0 fully saturated rings. The third-order valence-electron chi connectivity index (χ3n) is 4.14. The van der Waals surface area contributed by atoms with Crippen LogP contribution in [0.25, 0.3) is 0 Å². The predicted octanol–water partition coefficient (Wildman–Crippen LogP) is 1.94. The molecule has 3 rings (SSSR count). The number of carbonyl (C=O) groups is 1. The van der Waals surface area contributed by atoms with Gasteiger partial charge in [0.05, 0.1) is 4.90 Å². The topological polar surface area (TPSA) is 113 Å². The summed E-state index contributed by atoms with van der Waals surface area (Å²) in [6.07, 6.45) is 0.707. The Hall–Kier alpha value is -2.33. The van der Waals surface area contributed by atoms with E-state index in [2.05, 4.69) is 25.2 Å². The third-order valence-corrected chi connectivity index (χ3v) is 6.29. The Bertz CT molecular complexity index is 968. The van der Waals surface area contributed by atoms with Crippen LogP contribution in [-0.4, -0.2) is 36.4 Å². The molecule has 2 aromatic rings. The van der Waals surface area contributed by atoms with Crippen molar-refractivity contribution in [3.63, 3.8) is 0 Å². The zero-order valence-electron chi connectivity index (χ0n) is 14.6. The fourth-order valence-electron chi connectivity index (χ4n) is 2.56. The van der Waals surface area contributed by atoms with Crippen LogP contribution in [0.2, 0.25) is 0 Å². The number of fused-ring (bicyclic) bond motifs is 1. The summed E-state index contributed by atoms with van der Waals surface area (Å²) in [5.41, 5.74) is 0.473. The molecule has 0 unspecified atom stereocenters. The van der Waals surface area contributed by atoms with Crippen molar-refractivity contribution in [1.29, 1.82) is 0 Å². The van der Waals surface area contributed by atoms with Crippen molar-refractivity contribution in [2.75, 3.05) is 5.32 Å².